The number of rotatable bonds is 7. The summed E-state index contributed by atoms with van der Waals surface area (Å²) in [4.78, 5) is 15.1. The Bertz CT molecular complexity index is 3670. The van der Waals surface area contributed by atoms with E-state index in [-0.39, 0.29) is 0 Å². The fraction of sp³-hybridized carbons (Fsp3) is 0. The first kappa shape index (κ1) is 36.8. The summed E-state index contributed by atoms with van der Waals surface area (Å²) in [5.74, 6) is 1.91. The molecule has 0 aliphatic carbocycles. The SMILES string of the molecule is c1ccc(-c2ccc(-c3nc(-c4ccccc4)nc(-c4cccc(-c5cccc(-c6cccc(-c7cccc8c7sc7c9ccccc9c9ccccc9c87)c6)c5)c4)n3)cc2)cc1. The Morgan fingerprint density at radius 2 is 0.619 bits per heavy atom. The number of hydrogen-bond acceptors (Lipinski definition) is 4. The van der Waals surface area contributed by atoms with Crippen LogP contribution in [0.15, 0.2) is 224 Å². The average Bonchev–Trinajstić information content (AvgIpc) is 3.78. The first-order valence-corrected chi connectivity index (χ1v) is 22.1. The van der Waals surface area contributed by atoms with Gasteiger partial charge in [0.15, 0.2) is 17.5 Å². The summed E-state index contributed by atoms with van der Waals surface area (Å²) in [5.41, 5.74) is 12.1. The molecule has 10 aromatic carbocycles. The Morgan fingerprint density at radius 1 is 0.238 bits per heavy atom. The molecule has 0 spiro atoms. The predicted octanol–water partition coefficient (Wildman–Crippen LogP) is 16.2. The Kier molecular flexibility index (Phi) is 9.02. The number of fused-ring (bicyclic) bond motifs is 8. The standard InChI is InChI=1S/C59H37N3S/c1-3-15-38(16-4-1)39-31-33-41(34-32-39)58-60-57(40-17-5-2-6-18-40)61-59(62-58)47-24-13-22-45(37-47)43-20-11-19-42(35-43)44-21-12-23-46(36-44)48-29-14-30-53-54-51-27-9-7-25-49(51)50-26-8-10-28-52(50)56(54)63-55(48)53/h1-37H. The molecule has 0 fully saturated rings. The molecule has 63 heavy (non-hydrogen) atoms. The van der Waals surface area contributed by atoms with Crippen LogP contribution in [0, 0.1) is 0 Å². The van der Waals surface area contributed by atoms with Gasteiger partial charge in [-0.25, -0.2) is 15.0 Å². The van der Waals surface area contributed by atoms with Gasteiger partial charge in [-0.05, 0) is 78.9 Å². The second kappa shape index (κ2) is 15.4. The Labute approximate surface area is 369 Å². The van der Waals surface area contributed by atoms with Crippen LogP contribution < -0.4 is 0 Å². The van der Waals surface area contributed by atoms with Crippen molar-refractivity contribution in [2.75, 3.05) is 0 Å². The van der Waals surface area contributed by atoms with Crippen molar-refractivity contribution >= 4 is 53.1 Å². The lowest BCUT2D eigenvalue weighted by molar-refractivity contribution is 1.07. The smallest absolute Gasteiger partial charge is 0.164 e. The number of aromatic nitrogens is 3. The summed E-state index contributed by atoms with van der Waals surface area (Å²) in [6.45, 7) is 0. The molecule has 0 radical (unpaired) electrons. The van der Waals surface area contributed by atoms with Crippen molar-refractivity contribution in [1.29, 1.82) is 0 Å². The minimum absolute atomic E-state index is 0.633. The zero-order valence-electron chi connectivity index (χ0n) is 34.1. The molecule has 0 bridgehead atoms. The highest BCUT2D eigenvalue weighted by atomic mass is 32.1. The highest BCUT2D eigenvalue weighted by molar-refractivity contribution is 7.27. The van der Waals surface area contributed by atoms with Crippen molar-refractivity contribution < 1.29 is 0 Å². The van der Waals surface area contributed by atoms with Gasteiger partial charge >= 0.3 is 0 Å². The van der Waals surface area contributed by atoms with Crippen molar-refractivity contribution in [1.82, 2.24) is 15.0 Å². The number of thiophene rings is 1. The minimum atomic E-state index is 0.633. The van der Waals surface area contributed by atoms with E-state index in [1.165, 1.54) is 64.0 Å². The van der Waals surface area contributed by atoms with Crippen LogP contribution in [0.3, 0.4) is 0 Å². The minimum Gasteiger partial charge on any atom is -0.208 e. The zero-order valence-corrected chi connectivity index (χ0v) is 34.9. The third-order valence-corrected chi connectivity index (χ3v) is 13.4. The van der Waals surface area contributed by atoms with Gasteiger partial charge in [0.2, 0.25) is 0 Å². The van der Waals surface area contributed by atoms with Gasteiger partial charge in [0, 0.05) is 42.2 Å². The van der Waals surface area contributed by atoms with Crippen molar-refractivity contribution in [3.63, 3.8) is 0 Å². The van der Waals surface area contributed by atoms with Crippen LogP contribution in [-0.4, -0.2) is 15.0 Å². The van der Waals surface area contributed by atoms with Gasteiger partial charge < -0.3 is 0 Å². The molecule has 3 nitrogen and oxygen atoms in total. The maximum atomic E-state index is 5.08. The Hall–Kier alpha value is -8.05. The summed E-state index contributed by atoms with van der Waals surface area (Å²) in [6, 6.07) is 79.9. The second-order valence-corrected chi connectivity index (χ2v) is 17.0. The summed E-state index contributed by atoms with van der Waals surface area (Å²) >= 11 is 1.91. The molecule has 0 atom stereocenters. The van der Waals surface area contributed by atoms with E-state index in [0.29, 0.717) is 17.5 Å². The van der Waals surface area contributed by atoms with Crippen LogP contribution in [0.4, 0.5) is 0 Å². The monoisotopic (exact) mass is 819 g/mol. The molecule has 2 heterocycles. The van der Waals surface area contributed by atoms with Crippen LogP contribution >= 0.6 is 11.3 Å². The van der Waals surface area contributed by atoms with Crippen molar-refractivity contribution in [2.45, 2.75) is 0 Å². The molecule has 0 amide bonds. The van der Waals surface area contributed by atoms with E-state index in [1.807, 2.05) is 47.7 Å². The maximum Gasteiger partial charge on any atom is 0.164 e. The number of nitrogens with zero attached hydrogens (tertiary/aromatic N) is 3. The summed E-state index contributed by atoms with van der Waals surface area (Å²) < 4.78 is 2.66. The van der Waals surface area contributed by atoms with Crippen LogP contribution in [0.5, 0.6) is 0 Å². The molecule has 12 rings (SSSR count). The molecule has 12 aromatic rings. The van der Waals surface area contributed by atoms with E-state index in [9.17, 15) is 0 Å². The van der Waals surface area contributed by atoms with Gasteiger partial charge in [-0.2, -0.15) is 0 Å². The van der Waals surface area contributed by atoms with Gasteiger partial charge in [-0.3, -0.25) is 0 Å². The Balaban J connectivity index is 0.911. The van der Waals surface area contributed by atoms with E-state index in [4.69, 9.17) is 15.0 Å². The second-order valence-electron chi connectivity index (χ2n) is 15.9. The molecule has 4 heteroatoms. The molecule has 294 valence electrons. The average molecular weight is 820 g/mol. The molecule has 0 N–H and O–H groups in total. The van der Waals surface area contributed by atoms with E-state index >= 15 is 0 Å². The van der Waals surface area contributed by atoms with E-state index < -0.39 is 0 Å². The number of benzene rings is 10. The highest BCUT2D eigenvalue weighted by Crippen LogP contribution is 2.47. The van der Waals surface area contributed by atoms with Crippen LogP contribution in [-0.2, 0) is 0 Å². The fourth-order valence-electron chi connectivity index (χ4n) is 9.03. The van der Waals surface area contributed by atoms with Crippen LogP contribution in [0.2, 0.25) is 0 Å². The summed E-state index contributed by atoms with van der Waals surface area (Å²) in [7, 11) is 0. The third-order valence-electron chi connectivity index (χ3n) is 12.1. The van der Waals surface area contributed by atoms with E-state index in [0.717, 1.165) is 38.9 Å². The van der Waals surface area contributed by atoms with Gasteiger partial charge in [0.25, 0.3) is 0 Å². The number of hydrogen-bond donors (Lipinski definition) is 0. The largest absolute Gasteiger partial charge is 0.208 e. The summed E-state index contributed by atoms with van der Waals surface area (Å²) in [6.07, 6.45) is 0. The fourth-order valence-corrected chi connectivity index (χ4v) is 10.4. The molecule has 0 saturated carbocycles. The summed E-state index contributed by atoms with van der Waals surface area (Å²) in [5, 5.41) is 7.89. The Morgan fingerprint density at radius 3 is 1.25 bits per heavy atom. The molecule has 0 unspecified atom stereocenters. The van der Waals surface area contributed by atoms with Gasteiger partial charge in [0.1, 0.15) is 0 Å². The van der Waals surface area contributed by atoms with Crippen molar-refractivity contribution in [2.24, 2.45) is 0 Å². The van der Waals surface area contributed by atoms with Crippen LogP contribution in [0.25, 0.3) is 120 Å². The third kappa shape index (κ3) is 6.65. The lowest BCUT2D eigenvalue weighted by Gasteiger charge is -2.11. The normalized spacial score (nSPS) is 11.5. The first-order valence-electron chi connectivity index (χ1n) is 21.3. The molecule has 2 aromatic heterocycles. The first-order chi connectivity index (χ1) is 31.2. The maximum absolute atomic E-state index is 5.08. The topological polar surface area (TPSA) is 38.7 Å². The quantitative estimate of drug-likeness (QED) is 0.150. The van der Waals surface area contributed by atoms with Crippen molar-refractivity contribution in [3.05, 3.63) is 224 Å². The van der Waals surface area contributed by atoms with Crippen LogP contribution in [0.1, 0.15) is 0 Å². The predicted molar refractivity (Wildman–Crippen MR) is 266 cm³/mol. The molecule has 0 aliphatic heterocycles. The van der Waals surface area contributed by atoms with Gasteiger partial charge in [-0.15, -0.1) is 11.3 Å². The van der Waals surface area contributed by atoms with E-state index in [2.05, 4.69) is 188 Å². The highest BCUT2D eigenvalue weighted by Gasteiger charge is 2.18. The lowest BCUT2D eigenvalue weighted by Crippen LogP contribution is -2.00. The molecule has 0 aliphatic rings. The van der Waals surface area contributed by atoms with E-state index in [1.54, 1.807) is 0 Å². The lowest BCUT2D eigenvalue weighted by atomic mass is 9.94. The van der Waals surface area contributed by atoms with Crippen molar-refractivity contribution in [3.8, 4) is 78.7 Å². The van der Waals surface area contributed by atoms with Gasteiger partial charge in [0.05, 0.1) is 0 Å². The zero-order chi connectivity index (χ0) is 41.7. The molecular weight excluding hydrogens is 783 g/mol. The molecule has 0 saturated heterocycles. The van der Waals surface area contributed by atoms with Gasteiger partial charge in [-0.1, -0.05) is 206 Å². The molecular formula is C59H37N3S.